The first kappa shape index (κ1) is 19.1. The van der Waals surface area contributed by atoms with Crippen molar-refractivity contribution in [1.29, 1.82) is 0 Å². The number of ether oxygens (including phenoxy) is 2. The third kappa shape index (κ3) is 3.89. The maximum absolute atomic E-state index is 12.9. The molecule has 1 aliphatic carbocycles. The SMILES string of the molecule is COC(=O)[C@H]1CC2=C(C[C@@H](Cc3ccccc3)C2=O)N1C(=O)OC(C)(C)C. The Morgan fingerprint density at radius 2 is 1.81 bits per heavy atom. The Kier molecular flexibility index (Phi) is 5.09. The minimum Gasteiger partial charge on any atom is -0.467 e. The Hall–Kier alpha value is -2.63. The first-order valence-corrected chi connectivity index (χ1v) is 9.11. The molecule has 2 aliphatic rings. The molecule has 0 bridgehead atoms. The number of amides is 1. The van der Waals surface area contributed by atoms with Crippen molar-refractivity contribution in [2.75, 3.05) is 7.11 Å². The number of hydrogen-bond donors (Lipinski definition) is 0. The standard InChI is InChI=1S/C21H25NO5/c1-21(2,3)27-20(25)22-16-11-14(10-13-8-6-5-7-9-13)18(23)15(16)12-17(22)19(24)26-4/h5-9,14,17H,10-12H2,1-4H3/t14-,17-/m1/s1. The summed E-state index contributed by atoms with van der Waals surface area (Å²) in [7, 11) is 1.28. The first-order chi connectivity index (χ1) is 12.7. The molecule has 1 aromatic carbocycles. The number of Topliss-reactive ketones (excluding diaryl/α,β-unsaturated/α-hetero) is 1. The van der Waals surface area contributed by atoms with Crippen LogP contribution in [0.3, 0.4) is 0 Å². The van der Waals surface area contributed by atoms with E-state index in [1.807, 2.05) is 30.3 Å². The van der Waals surface area contributed by atoms with Crippen LogP contribution in [-0.4, -0.2) is 41.5 Å². The van der Waals surface area contributed by atoms with Gasteiger partial charge in [0.1, 0.15) is 11.6 Å². The normalized spacial score (nSPS) is 22.1. The predicted octanol–water partition coefficient (Wildman–Crippen LogP) is 3.25. The summed E-state index contributed by atoms with van der Waals surface area (Å²) < 4.78 is 10.3. The van der Waals surface area contributed by atoms with Gasteiger partial charge in [-0.1, -0.05) is 30.3 Å². The summed E-state index contributed by atoms with van der Waals surface area (Å²) in [6.45, 7) is 5.30. The van der Waals surface area contributed by atoms with Crippen LogP contribution in [0.5, 0.6) is 0 Å². The largest absolute Gasteiger partial charge is 0.467 e. The molecule has 2 atom stereocenters. The Morgan fingerprint density at radius 3 is 2.41 bits per heavy atom. The third-order valence-electron chi connectivity index (χ3n) is 4.84. The van der Waals surface area contributed by atoms with E-state index < -0.39 is 23.7 Å². The molecule has 27 heavy (non-hydrogen) atoms. The number of benzene rings is 1. The van der Waals surface area contributed by atoms with Gasteiger partial charge in [0, 0.05) is 23.6 Å². The Morgan fingerprint density at radius 1 is 1.15 bits per heavy atom. The van der Waals surface area contributed by atoms with Gasteiger partial charge in [-0.2, -0.15) is 0 Å². The van der Waals surface area contributed by atoms with Crippen molar-refractivity contribution in [1.82, 2.24) is 4.90 Å². The van der Waals surface area contributed by atoms with E-state index in [2.05, 4.69) is 0 Å². The number of carbonyl (C=O) groups excluding carboxylic acids is 3. The Balaban J connectivity index is 1.83. The first-order valence-electron chi connectivity index (χ1n) is 9.11. The predicted molar refractivity (Wildman–Crippen MR) is 98.8 cm³/mol. The summed E-state index contributed by atoms with van der Waals surface area (Å²) in [5.41, 5.74) is 1.53. The van der Waals surface area contributed by atoms with Crippen molar-refractivity contribution in [2.45, 2.75) is 51.7 Å². The Labute approximate surface area is 159 Å². The van der Waals surface area contributed by atoms with Crippen molar-refractivity contribution in [3.63, 3.8) is 0 Å². The van der Waals surface area contributed by atoms with Crippen LogP contribution in [-0.2, 0) is 25.5 Å². The minimum atomic E-state index is -0.837. The molecule has 0 spiro atoms. The highest BCUT2D eigenvalue weighted by atomic mass is 16.6. The second-order valence-corrected chi connectivity index (χ2v) is 7.97. The van der Waals surface area contributed by atoms with Crippen LogP contribution in [0.25, 0.3) is 0 Å². The van der Waals surface area contributed by atoms with Crippen LogP contribution in [0.4, 0.5) is 4.79 Å². The topological polar surface area (TPSA) is 72.9 Å². The Bertz CT molecular complexity index is 791. The average Bonchev–Trinajstić information content (AvgIpc) is 3.11. The number of carbonyl (C=O) groups is 3. The van der Waals surface area contributed by atoms with Crippen molar-refractivity contribution < 1.29 is 23.9 Å². The van der Waals surface area contributed by atoms with Crippen molar-refractivity contribution in [3.05, 3.63) is 47.2 Å². The highest BCUT2D eigenvalue weighted by Crippen LogP contribution is 2.42. The van der Waals surface area contributed by atoms with Gasteiger partial charge in [-0.25, -0.2) is 9.59 Å². The van der Waals surface area contributed by atoms with E-state index in [1.54, 1.807) is 20.8 Å². The highest BCUT2D eigenvalue weighted by Gasteiger charge is 2.49. The molecule has 1 heterocycles. The van der Waals surface area contributed by atoms with Gasteiger partial charge in [0.2, 0.25) is 0 Å². The van der Waals surface area contributed by atoms with E-state index in [9.17, 15) is 14.4 Å². The summed E-state index contributed by atoms with van der Waals surface area (Å²) >= 11 is 0. The molecular formula is C21H25NO5. The van der Waals surface area contributed by atoms with Gasteiger partial charge in [0.25, 0.3) is 0 Å². The van der Waals surface area contributed by atoms with Gasteiger partial charge in [-0.3, -0.25) is 9.69 Å². The molecule has 1 amide bonds. The second kappa shape index (κ2) is 7.18. The lowest BCUT2D eigenvalue weighted by molar-refractivity contribution is -0.145. The van der Waals surface area contributed by atoms with Crippen LogP contribution in [0.15, 0.2) is 41.6 Å². The lowest BCUT2D eigenvalue weighted by Crippen LogP contribution is -2.44. The summed E-state index contributed by atoms with van der Waals surface area (Å²) in [6.07, 6.45) is 0.606. The van der Waals surface area contributed by atoms with E-state index in [4.69, 9.17) is 9.47 Å². The molecule has 0 saturated carbocycles. The summed E-state index contributed by atoms with van der Waals surface area (Å²) in [5.74, 6) is -0.752. The van der Waals surface area contributed by atoms with Gasteiger partial charge >= 0.3 is 12.1 Å². The lowest BCUT2D eigenvalue weighted by Gasteiger charge is -2.30. The second-order valence-electron chi connectivity index (χ2n) is 7.97. The fourth-order valence-electron chi connectivity index (χ4n) is 3.71. The van der Waals surface area contributed by atoms with Crippen LogP contribution in [0.1, 0.15) is 39.2 Å². The molecule has 0 radical (unpaired) electrons. The maximum Gasteiger partial charge on any atom is 0.415 e. The fraction of sp³-hybridized carbons (Fsp3) is 0.476. The molecule has 3 rings (SSSR count). The summed E-state index contributed by atoms with van der Waals surface area (Å²) in [6, 6.07) is 8.95. The molecule has 6 heteroatoms. The lowest BCUT2D eigenvalue weighted by atomic mass is 9.93. The van der Waals surface area contributed by atoms with Crippen LogP contribution < -0.4 is 0 Å². The quantitative estimate of drug-likeness (QED) is 0.763. The number of allylic oxidation sites excluding steroid dienone is 1. The maximum atomic E-state index is 12.9. The van der Waals surface area contributed by atoms with E-state index >= 15 is 0 Å². The van der Waals surface area contributed by atoms with Gasteiger partial charge < -0.3 is 9.47 Å². The molecule has 0 saturated heterocycles. The zero-order chi connectivity index (χ0) is 19.8. The number of methoxy groups -OCH3 is 1. The summed E-state index contributed by atoms with van der Waals surface area (Å²) in [4.78, 5) is 39.2. The number of esters is 1. The number of ketones is 1. The zero-order valence-corrected chi connectivity index (χ0v) is 16.2. The smallest absolute Gasteiger partial charge is 0.415 e. The molecule has 0 aromatic heterocycles. The number of nitrogens with zero attached hydrogens (tertiary/aromatic N) is 1. The molecule has 0 N–H and O–H groups in total. The van der Waals surface area contributed by atoms with Gasteiger partial charge in [-0.15, -0.1) is 0 Å². The molecule has 1 aromatic rings. The molecule has 144 valence electrons. The van der Waals surface area contributed by atoms with Gasteiger partial charge in [0.15, 0.2) is 5.78 Å². The number of hydrogen-bond acceptors (Lipinski definition) is 5. The summed E-state index contributed by atoms with van der Waals surface area (Å²) in [5, 5.41) is 0. The minimum absolute atomic E-state index is 0.00816. The van der Waals surface area contributed by atoms with Crippen LogP contribution in [0.2, 0.25) is 0 Å². The van der Waals surface area contributed by atoms with Crippen molar-refractivity contribution in [2.24, 2.45) is 5.92 Å². The molecule has 1 aliphatic heterocycles. The van der Waals surface area contributed by atoms with E-state index in [0.29, 0.717) is 24.1 Å². The monoisotopic (exact) mass is 371 g/mol. The molecule has 6 nitrogen and oxygen atoms in total. The molecule has 0 unspecified atom stereocenters. The van der Waals surface area contributed by atoms with Gasteiger partial charge in [0.05, 0.1) is 7.11 Å². The highest BCUT2D eigenvalue weighted by molar-refractivity contribution is 6.04. The number of rotatable bonds is 3. The molecule has 0 fully saturated rings. The van der Waals surface area contributed by atoms with E-state index in [1.165, 1.54) is 12.0 Å². The van der Waals surface area contributed by atoms with Crippen molar-refractivity contribution in [3.8, 4) is 0 Å². The third-order valence-corrected chi connectivity index (χ3v) is 4.84. The van der Waals surface area contributed by atoms with Crippen LogP contribution in [0, 0.1) is 5.92 Å². The van der Waals surface area contributed by atoms with Crippen molar-refractivity contribution >= 4 is 17.8 Å². The van der Waals surface area contributed by atoms with E-state index in [-0.39, 0.29) is 18.1 Å². The van der Waals surface area contributed by atoms with Crippen LogP contribution >= 0.6 is 0 Å². The van der Waals surface area contributed by atoms with Gasteiger partial charge in [-0.05, 0) is 39.2 Å². The fourth-order valence-corrected chi connectivity index (χ4v) is 3.71. The average molecular weight is 371 g/mol. The van der Waals surface area contributed by atoms with E-state index in [0.717, 1.165) is 5.56 Å². The molecular weight excluding hydrogens is 346 g/mol. The number of likely N-dealkylation sites (tertiary alicyclic amines) is 1. The zero-order valence-electron chi connectivity index (χ0n) is 16.2.